The Labute approximate surface area is 192 Å². The van der Waals surface area contributed by atoms with Gasteiger partial charge in [0.25, 0.3) is 11.5 Å². The number of nitrogens with one attached hydrogen (secondary N) is 2. The minimum Gasteiger partial charge on any atom is -0.381 e. The molecule has 1 atom stereocenters. The lowest BCUT2D eigenvalue weighted by Crippen LogP contribution is -2.30. The highest BCUT2D eigenvalue weighted by molar-refractivity contribution is 6.04. The van der Waals surface area contributed by atoms with Crippen molar-refractivity contribution in [3.05, 3.63) is 81.9 Å². The number of H-pyrrole nitrogens is 1. The highest BCUT2D eigenvalue weighted by Crippen LogP contribution is 2.18. The largest absolute Gasteiger partial charge is 0.381 e. The van der Waals surface area contributed by atoms with Crippen molar-refractivity contribution in [3.8, 4) is 11.8 Å². The molecule has 0 bridgehead atoms. The van der Waals surface area contributed by atoms with Gasteiger partial charge in [0.1, 0.15) is 11.4 Å². The van der Waals surface area contributed by atoms with Gasteiger partial charge in [-0.25, -0.2) is 14.5 Å². The lowest BCUT2D eigenvalue weighted by molar-refractivity contribution is 0.0940. The Kier molecular flexibility index (Phi) is 5.03. The molecule has 0 saturated heterocycles. The van der Waals surface area contributed by atoms with Gasteiger partial charge in [0, 0.05) is 31.2 Å². The quantitative estimate of drug-likeness (QED) is 0.347. The maximum atomic E-state index is 12.9. The number of fused-ring (bicyclic) bond motifs is 2. The molecule has 34 heavy (non-hydrogen) atoms. The molecule has 168 valence electrons. The van der Waals surface area contributed by atoms with E-state index in [0.29, 0.717) is 27.9 Å². The van der Waals surface area contributed by atoms with Gasteiger partial charge in [-0.3, -0.25) is 14.3 Å². The summed E-state index contributed by atoms with van der Waals surface area (Å²) in [6.07, 6.45) is 6.63. The Morgan fingerprint density at radius 3 is 2.91 bits per heavy atom. The first kappa shape index (κ1) is 20.9. The van der Waals surface area contributed by atoms with Crippen molar-refractivity contribution in [1.29, 1.82) is 0 Å². The maximum Gasteiger partial charge on any atom is 0.260 e. The van der Waals surface area contributed by atoms with Crippen LogP contribution in [0.1, 0.15) is 40.3 Å². The van der Waals surface area contributed by atoms with E-state index in [9.17, 15) is 9.59 Å². The number of hydrogen-bond acceptors (Lipinski definition) is 7. The highest BCUT2D eigenvalue weighted by Gasteiger charge is 2.22. The smallest absolute Gasteiger partial charge is 0.260 e. The van der Waals surface area contributed by atoms with E-state index < -0.39 is 11.9 Å². The molecule has 5 aromatic rings. The van der Waals surface area contributed by atoms with Crippen molar-refractivity contribution in [3.63, 3.8) is 0 Å². The number of aryl methyl sites for hydroxylation is 1. The number of aromatic nitrogens is 7. The Morgan fingerprint density at radius 2 is 2.12 bits per heavy atom. The van der Waals surface area contributed by atoms with Gasteiger partial charge >= 0.3 is 0 Å². The van der Waals surface area contributed by atoms with Crippen LogP contribution in [0.4, 0.5) is 5.82 Å². The van der Waals surface area contributed by atoms with Crippen molar-refractivity contribution >= 4 is 28.3 Å². The first-order valence-corrected chi connectivity index (χ1v) is 10.3. The van der Waals surface area contributed by atoms with Crippen LogP contribution in [0.3, 0.4) is 0 Å². The van der Waals surface area contributed by atoms with E-state index in [1.807, 2.05) is 0 Å². The van der Waals surface area contributed by atoms with Gasteiger partial charge in [0.2, 0.25) is 0 Å². The Bertz CT molecular complexity index is 1680. The van der Waals surface area contributed by atoms with Crippen LogP contribution in [0, 0.1) is 11.8 Å². The molecule has 5 rings (SSSR count). The van der Waals surface area contributed by atoms with Gasteiger partial charge in [-0.2, -0.15) is 5.10 Å². The van der Waals surface area contributed by atoms with Gasteiger partial charge in [0.15, 0.2) is 11.5 Å². The number of hydrogen-bond donors (Lipinski definition) is 3. The summed E-state index contributed by atoms with van der Waals surface area (Å²) in [5.74, 6) is 5.90. The van der Waals surface area contributed by atoms with Crippen LogP contribution in [0.15, 0.2) is 53.8 Å². The third kappa shape index (κ3) is 3.73. The minimum absolute atomic E-state index is 0.0557. The minimum atomic E-state index is -0.618. The lowest BCUT2D eigenvalue weighted by Gasteiger charge is -2.13. The van der Waals surface area contributed by atoms with Gasteiger partial charge < -0.3 is 16.0 Å². The molecule has 0 fully saturated rings. The molecule has 0 aliphatic carbocycles. The lowest BCUT2D eigenvalue weighted by atomic mass is 10.1. The molecule has 4 N–H and O–H groups in total. The van der Waals surface area contributed by atoms with E-state index in [1.165, 1.54) is 4.52 Å². The van der Waals surface area contributed by atoms with Gasteiger partial charge in [-0.15, -0.1) is 5.10 Å². The maximum absolute atomic E-state index is 12.9. The summed E-state index contributed by atoms with van der Waals surface area (Å²) >= 11 is 0. The zero-order valence-electron chi connectivity index (χ0n) is 18.3. The summed E-state index contributed by atoms with van der Waals surface area (Å²) in [5.41, 5.74) is 7.82. The first-order chi connectivity index (χ1) is 16.4. The van der Waals surface area contributed by atoms with Gasteiger partial charge in [-0.1, -0.05) is 17.9 Å². The third-order valence-electron chi connectivity index (χ3n) is 5.21. The zero-order valence-corrected chi connectivity index (χ0v) is 18.3. The Morgan fingerprint density at radius 1 is 1.26 bits per heavy atom. The number of carbonyl (C=O) groups is 1. The van der Waals surface area contributed by atoms with Crippen molar-refractivity contribution in [2.45, 2.75) is 13.0 Å². The molecule has 11 nitrogen and oxygen atoms in total. The number of carbonyl (C=O) groups excluding carboxylic acids is 1. The van der Waals surface area contributed by atoms with Crippen LogP contribution in [0.25, 0.3) is 16.6 Å². The standard InChI is InChI=1S/C23H19N9O2/c1-13(27-23(34)18-19(24)30-32-10-4-9-25-21(18)32)20-28-16-6-3-5-15(17(16)22(33)29-20)8-7-14-11-26-31(2)12-14/h3-6,9-13H,1-2H3,(H2,24,30)(H,27,34)(H,28,29,33). The second-order valence-corrected chi connectivity index (χ2v) is 7.65. The molecule has 0 aliphatic heterocycles. The molecular formula is C23H19N9O2. The SMILES string of the molecule is CC(NC(=O)c1c(N)nn2cccnc12)c1nc2cccc(C#Cc3cnn(C)c3)c2c(=O)[nH]1. The van der Waals surface area contributed by atoms with Crippen LogP contribution in [-0.2, 0) is 7.05 Å². The second-order valence-electron chi connectivity index (χ2n) is 7.65. The van der Waals surface area contributed by atoms with Crippen LogP contribution in [0.5, 0.6) is 0 Å². The predicted octanol–water partition coefficient (Wildman–Crippen LogP) is 1.17. The molecule has 4 heterocycles. The number of nitrogens with two attached hydrogens (primary N) is 1. The molecular weight excluding hydrogens is 434 g/mol. The van der Waals surface area contributed by atoms with Crippen molar-refractivity contribution < 1.29 is 4.79 Å². The third-order valence-corrected chi connectivity index (χ3v) is 5.21. The fourth-order valence-electron chi connectivity index (χ4n) is 3.60. The van der Waals surface area contributed by atoms with E-state index in [-0.39, 0.29) is 16.9 Å². The first-order valence-electron chi connectivity index (χ1n) is 10.3. The summed E-state index contributed by atoms with van der Waals surface area (Å²) in [7, 11) is 1.81. The summed E-state index contributed by atoms with van der Waals surface area (Å²) in [6.45, 7) is 1.71. The van der Waals surface area contributed by atoms with Crippen LogP contribution >= 0.6 is 0 Å². The monoisotopic (exact) mass is 453 g/mol. The highest BCUT2D eigenvalue weighted by atomic mass is 16.2. The molecule has 1 unspecified atom stereocenters. The molecule has 4 aromatic heterocycles. The second kappa shape index (κ2) is 8.18. The fraction of sp³-hybridized carbons (Fsp3) is 0.130. The number of rotatable bonds is 3. The van der Waals surface area contributed by atoms with Gasteiger partial charge in [-0.05, 0) is 25.1 Å². The van der Waals surface area contributed by atoms with E-state index >= 15 is 0 Å². The number of benzene rings is 1. The number of nitrogens with zero attached hydrogens (tertiary/aromatic N) is 6. The Balaban J connectivity index is 1.46. The predicted molar refractivity (Wildman–Crippen MR) is 125 cm³/mol. The molecule has 11 heteroatoms. The molecule has 0 radical (unpaired) electrons. The average Bonchev–Trinajstić information content (AvgIpc) is 3.38. The molecule has 1 aromatic carbocycles. The molecule has 0 saturated carbocycles. The Hall–Kier alpha value is -4.98. The van der Waals surface area contributed by atoms with E-state index in [4.69, 9.17) is 5.73 Å². The zero-order chi connectivity index (χ0) is 23.8. The van der Waals surface area contributed by atoms with Crippen LogP contribution in [-0.4, -0.2) is 40.3 Å². The summed E-state index contributed by atoms with van der Waals surface area (Å²) < 4.78 is 3.08. The van der Waals surface area contributed by atoms with E-state index in [0.717, 1.165) is 5.56 Å². The number of amides is 1. The van der Waals surface area contributed by atoms with Crippen molar-refractivity contribution in [1.82, 2.24) is 39.7 Å². The van der Waals surface area contributed by atoms with Crippen molar-refractivity contribution in [2.75, 3.05) is 5.73 Å². The molecule has 0 spiro atoms. The number of aromatic amines is 1. The number of anilines is 1. The average molecular weight is 453 g/mol. The van der Waals surface area contributed by atoms with Gasteiger partial charge in [0.05, 0.1) is 28.7 Å². The molecule has 1 amide bonds. The molecule has 0 aliphatic rings. The van der Waals surface area contributed by atoms with E-state index in [2.05, 4.69) is 42.3 Å². The number of nitrogen functional groups attached to an aromatic ring is 1. The summed E-state index contributed by atoms with van der Waals surface area (Å²) in [5, 5.41) is 11.4. The summed E-state index contributed by atoms with van der Waals surface area (Å²) in [6, 6.07) is 6.33. The van der Waals surface area contributed by atoms with E-state index in [1.54, 1.807) is 67.7 Å². The normalized spacial score (nSPS) is 11.8. The van der Waals surface area contributed by atoms with Crippen LogP contribution in [0.2, 0.25) is 0 Å². The van der Waals surface area contributed by atoms with Crippen molar-refractivity contribution in [2.24, 2.45) is 7.05 Å². The topological polar surface area (TPSA) is 149 Å². The summed E-state index contributed by atoms with van der Waals surface area (Å²) in [4.78, 5) is 37.4. The van der Waals surface area contributed by atoms with Crippen LogP contribution < -0.4 is 16.6 Å². The fourth-order valence-corrected chi connectivity index (χ4v) is 3.60.